The van der Waals surface area contributed by atoms with Gasteiger partial charge >= 0.3 is 0 Å². The minimum atomic E-state index is -0.265. The van der Waals surface area contributed by atoms with Gasteiger partial charge in [-0.15, -0.1) is 0 Å². The van der Waals surface area contributed by atoms with Crippen molar-refractivity contribution < 1.29 is 9.18 Å². The maximum absolute atomic E-state index is 13.5. The summed E-state index contributed by atoms with van der Waals surface area (Å²) < 4.78 is 15.1. The van der Waals surface area contributed by atoms with E-state index in [4.69, 9.17) is 0 Å². The Morgan fingerprint density at radius 2 is 1.88 bits per heavy atom. The molecule has 2 aromatic carbocycles. The van der Waals surface area contributed by atoms with Crippen molar-refractivity contribution in [2.75, 3.05) is 5.32 Å². The number of amides is 1. The fourth-order valence-electron chi connectivity index (χ4n) is 2.95. The summed E-state index contributed by atoms with van der Waals surface area (Å²) in [7, 11) is 1.77. The maximum Gasteiger partial charge on any atom is 0.276 e. The average Bonchev–Trinajstić information content (AvgIpc) is 2.99. The highest BCUT2D eigenvalue weighted by Crippen LogP contribution is 2.25. The van der Waals surface area contributed by atoms with Crippen LogP contribution in [0, 0.1) is 12.7 Å². The number of para-hydroxylation sites is 1. The molecule has 5 heteroatoms. The largest absolute Gasteiger partial charge is 0.320 e. The van der Waals surface area contributed by atoms with E-state index in [9.17, 15) is 9.18 Å². The molecule has 1 N–H and O–H groups in total. The van der Waals surface area contributed by atoms with Crippen LogP contribution in [-0.2, 0) is 7.05 Å². The van der Waals surface area contributed by atoms with Crippen LogP contribution >= 0.6 is 0 Å². The molecule has 0 fully saturated rings. The van der Waals surface area contributed by atoms with E-state index in [1.807, 2.05) is 24.3 Å². The molecule has 1 aromatic heterocycles. The molecule has 0 aliphatic rings. The Balaban J connectivity index is 1.89. The second kappa shape index (κ2) is 7.12. The van der Waals surface area contributed by atoms with Crippen LogP contribution in [0.15, 0.2) is 48.5 Å². The minimum absolute atomic E-state index is 0.251. The van der Waals surface area contributed by atoms with Gasteiger partial charge in [0, 0.05) is 18.3 Å². The predicted molar refractivity (Wildman–Crippen MR) is 102 cm³/mol. The Hall–Kier alpha value is -2.95. The number of halogens is 1. The summed E-state index contributed by atoms with van der Waals surface area (Å²) in [6.07, 6.45) is 0. The molecule has 0 atom stereocenters. The van der Waals surface area contributed by atoms with Gasteiger partial charge in [-0.05, 0) is 54.3 Å². The average molecular weight is 351 g/mol. The van der Waals surface area contributed by atoms with Crippen LogP contribution in [-0.4, -0.2) is 15.7 Å². The molecular formula is C21H22FN3O. The van der Waals surface area contributed by atoms with Crippen LogP contribution in [0.4, 0.5) is 10.1 Å². The summed E-state index contributed by atoms with van der Waals surface area (Å²) in [6.45, 7) is 5.88. The Labute approximate surface area is 152 Å². The van der Waals surface area contributed by atoms with Gasteiger partial charge in [-0.25, -0.2) is 4.39 Å². The predicted octanol–water partition coefficient (Wildman–Crippen LogP) is 4.91. The number of nitrogens with zero attached hydrogens (tertiary/aromatic N) is 2. The first-order valence-corrected chi connectivity index (χ1v) is 8.57. The van der Waals surface area contributed by atoms with E-state index in [0.717, 1.165) is 22.5 Å². The molecule has 0 aliphatic carbocycles. The number of hydrogen-bond donors (Lipinski definition) is 1. The zero-order chi connectivity index (χ0) is 18.8. The second-order valence-corrected chi connectivity index (χ2v) is 6.70. The summed E-state index contributed by atoms with van der Waals surface area (Å²) in [5, 5.41) is 7.27. The van der Waals surface area contributed by atoms with E-state index in [2.05, 4.69) is 24.3 Å². The highest BCUT2D eigenvalue weighted by atomic mass is 19.1. The van der Waals surface area contributed by atoms with E-state index in [1.165, 1.54) is 6.07 Å². The van der Waals surface area contributed by atoms with Gasteiger partial charge in [0.15, 0.2) is 5.69 Å². The SMILES string of the molecule is Cc1cc(-c2cc(C(=O)Nc3ccccc3C(C)C)nn2C)ccc1F. The van der Waals surface area contributed by atoms with Gasteiger partial charge in [-0.3, -0.25) is 9.48 Å². The minimum Gasteiger partial charge on any atom is -0.320 e. The molecule has 3 aromatic rings. The molecule has 3 rings (SSSR count). The molecule has 0 bridgehead atoms. The molecule has 0 unspecified atom stereocenters. The van der Waals surface area contributed by atoms with Gasteiger partial charge in [0.05, 0.1) is 5.69 Å². The Morgan fingerprint density at radius 3 is 2.58 bits per heavy atom. The summed E-state index contributed by atoms with van der Waals surface area (Å²) >= 11 is 0. The summed E-state index contributed by atoms with van der Waals surface area (Å²) in [4.78, 5) is 12.7. The number of carbonyl (C=O) groups excluding carboxylic acids is 1. The van der Waals surface area contributed by atoms with Crippen LogP contribution in [0.1, 0.15) is 41.4 Å². The van der Waals surface area contributed by atoms with Crippen LogP contribution in [0.3, 0.4) is 0 Å². The Bertz CT molecular complexity index is 960. The second-order valence-electron chi connectivity index (χ2n) is 6.70. The third kappa shape index (κ3) is 3.52. The molecule has 26 heavy (non-hydrogen) atoms. The van der Waals surface area contributed by atoms with E-state index in [-0.39, 0.29) is 11.7 Å². The van der Waals surface area contributed by atoms with Crippen molar-refractivity contribution in [2.45, 2.75) is 26.7 Å². The lowest BCUT2D eigenvalue weighted by Crippen LogP contribution is -2.14. The number of hydrogen-bond acceptors (Lipinski definition) is 2. The highest BCUT2D eigenvalue weighted by Gasteiger charge is 2.16. The third-order valence-corrected chi connectivity index (χ3v) is 4.40. The number of carbonyl (C=O) groups is 1. The summed E-state index contributed by atoms with van der Waals surface area (Å²) in [6, 6.07) is 14.3. The quantitative estimate of drug-likeness (QED) is 0.726. The van der Waals surface area contributed by atoms with Crippen LogP contribution in [0.25, 0.3) is 11.3 Å². The van der Waals surface area contributed by atoms with Crippen molar-refractivity contribution in [1.29, 1.82) is 0 Å². The number of nitrogens with one attached hydrogen (secondary N) is 1. The van der Waals surface area contributed by atoms with E-state index in [0.29, 0.717) is 17.2 Å². The van der Waals surface area contributed by atoms with Gasteiger partial charge in [0.1, 0.15) is 5.82 Å². The normalized spacial score (nSPS) is 11.0. The molecule has 1 heterocycles. The molecule has 0 spiro atoms. The summed E-state index contributed by atoms with van der Waals surface area (Å²) in [5.74, 6) is -0.217. The van der Waals surface area contributed by atoms with Gasteiger partial charge < -0.3 is 5.32 Å². The molecular weight excluding hydrogens is 329 g/mol. The highest BCUT2D eigenvalue weighted by molar-refractivity contribution is 6.04. The first kappa shape index (κ1) is 17.9. The van der Waals surface area contributed by atoms with Crippen molar-refractivity contribution in [1.82, 2.24) is 9.78 Å². The number of anilines is 1. The van der Waals surface area contributed by atoms with Crippen molar-refractivity contribution in [3.63, 3.8) is 0 Å². The molecule has 4 nitrogen and oxygen atoms in total. The van der Waals surface area contributed by atoms with Crippen molar-refractivity contribution >= 4 is 11.6 Å². The van der Waals surface area contributed by atoms with E-state index in [1.54, 1.807) is 36.9 Å². The first-order chi connectivity index (χ1) is 12.4. The molecule has 0 saturated heterocycles. The zero-order valence-corrected chi connectivity index (χ0v) is 15.4. The van der Waals surface area contributed by atoms with Crippen molar-refractivity contribution in [3.05, 3.63) is 71.2 Å². The Kier molecular flexibility index (Phi) is 4.89. The molecule has 134 valence electrons. The lowest BCUT2D eigenvalue weighted by atomic mass is 10.0. The smallest absolute Gasteiger partial charge is 0.276 e. The van der Waals surface area contributed by atoms with Gasteiger partial charge in [0.25, 0.3) is 5.91 Å². The number of aromatic nitrogens is 2. The molecule has 0 aliphatic heterocycles. The van der Waals surface area contributed by atoms with E-state index >= 15 is 0 Å². The van der Waals surface area contributed by atoms with Crippen molar-refractivity contribution in [2.24, 2.45) is 7.05 Å². The lowest BCUT2D eigenvalue weighted by Gasteiger charge is -2.12. The molecule has 0 saturated carbocycles. The third-order valence-electron chi connectivity index (χ3n) is 4.40. The van der Waals surface area contributed by atoms with Gasteiger partial charge in [-0.1, -0.05) is 32.0 Å². The van der Waals surface area contributed by atoms with Crippen LogP contribution < -0.4 is 5.32 Å². The molecule has 0 radical (unpaired) electrons. The first-order valence-electron chi connectivity index (χ1n) is 8.57. The van der Waals surface area contributed by atoms with Gasteiger partial charge in [-0.2, -0.15) is 5.10 Å². The Morgan fingerprint density at radius 1 is 1.15 bits per heavy atom. The zero-order valence-electron chi connectivity index (χ0n) is 15.4. The maximum atomic E-state index is 13.5. The van der Waals surface area contributed by atoms with Crippen LogP contribution in [0.2, 0.25) is 0 Å². The number of aryl methyl sites for hydroxylation is 2. The summed E-state index contributed by atoms with van der Waals surface area (Å²) in [5.41, 5.74) is 4.32. The lowest BCUT2D eigenvalue weighted by molar-refractivity contribution is 0.102. The topological polar surface area (TPSA) is 46.9 Å². The monoisotopic (exact) mass is 351 g/mol. The van der Waals surface area contributed by atoms with E-state index < -0.39 is 0 Å². The number of benzene rings is 2. The molecule has 1 amide bonds. The number of rotatable bonds is 4. The standard InChI is InChI=1S/C21H22FN3O/c1-13(2)16-7-5-6-8-18(16)23-21(26)19-12-20(25(4)24-19)15-9-10-17(22)14(3)11-15/h5-13H,1-4H3,(H,23,26). The van der Waals surface area contributed by atoms with Gasteiger partial charge in [0.2, 0.25) is 0 Å². The van der Waals surface area contributed by atoms with Crippen molar-refractivity contribution in [3.8, 4) is 11.3 Å². The fraction of sp³-hybridized carbons (Fsp3) is 0.238. The fourth-order valence-corrected chi connectivity index (χ4v) is 2.95. The van der Waals surface area contributed by atoms with Crippen LogP contribution in [0.5, 0.6) is 0 Å².